The van der Waals surface area contributed by atoms with E-state index < -0.39 is 0 Å². The second-order valence-electron chi connectivity index (χ2n) is 3.34. The summed E-state index contributed by atoms with van der Waals surface area (Å²) in [6, 6.07) is 5.12. The maximum Gasteiger partial charge on any atom is 0.305 e. The monoisotopic (exact) mass is 209 g/mol. The van der Waals surface area contributed by atoms with Crippen LogP contribution >= 0.6 is 0 Å². The van der Waals surface area contributed by atoms with E-state index >= 15 is 0 Å². The lowest BCUT2D eigenvalue weighted by Gasteiger charge is -2.08. The number of esters is 1. The van der Waals surface area contributed by atoms with Gasteiger partial charge in [-0.05, 0) is 19.4 Å². The lowest BCUT2D eigenvalue weighted by atomic mass is 10.3. The van der Waals surface area contributed by atoms with Crippen LogP contribution in [0.1, 0.15) is 18.5 Å². The van der Waals surface area contributed by atoms with Crippen molar-refractivity contribution in [3.05, 3.63) is 34.2 Å². The van der Waals surface area contributed by atoms with Crippen LogP contribution in [0.3, 0.4) is 0 Å². The number of methoxy groups -OCH3 is 1. The van der Waals surface area contributed by atoms with Gasteiger partial charge in [0.15, 0.2) is 0 Å². The molecule has 0 N–H and O–H groups in total. The standard InChI is InChI=1S/C11H15NO3/c1-9-5-3-6-10(13)12(9)8-4-7-11(14)15-2/h3,5-6H,4,7-8H2,1-2H3. The highest BCUT2D eigenvalue weighted by molar-refractivity contribution is 5.68. The first-order valence-corrected chi connectivity index (χ1v) is 4.88. The third-order valence-corrected chi connectivity index (χ3v) is 2.26. The highest BCUT2D eigenvalue weighted by atomic mass is 16.5. The number of ether oxygens (including phenoxy) is 1. The van der Waals surface area contributed by atoms with E-state index in [9.17, 15) is 9.59 Å². The van der Waals surface area contributed by atoms with Crippen LogP contribution in [0.4, 0.5) is 0 Å². The van der Waals surface area contributed by atoms with Gasteiger partial charge in [0.25, 0.3) is 5.56 Å². The Morgan fingerprint density at radius 2 is 2.20 bits per heavy atom. The molecule has 0 saturated carbocycles. The van der Waals surface area contributed by atoms with Gasteiger partial charge in [-0.15, -0.1) is 0 Å². The highest BCUT2D eigenvalue weighted by Crippen LogP contribution is 1.98. The van der Waals surface area contributed by atoms with E-state index in [0.717, 1.165) is 5.69 Å². The molecular weight excluding hydrogens is 194 g/mol. The summed E-state index contributed by atoms with van der Waals surface area (Å²) in [5.74, 6) is -0.239. The lowest BCUT2D eigenvalue weighted by Crippen LogP contribution is -2.21. The Labute approximate surface area is 88.5 Å². The highest BCUT2D eigenvalue weighted by Gasteiger charge is 2.02. The van der Waals surface area contributed by atoms with Gasteiger partial charge in [-0.3, -0.25) is 9.59 Å². The molecule has 0 amide bonds. The molecule has 0 aliphatic heterocycles. The SMILES string of the molecule is COC(=O)CCCn1c(C)cccc1=O. The van der Waals surface area contributed by atoms with Crippen LogP contribution in [0.5, 0.6) is 0 Å². The maximum absolute atomic E-state index is 11.4. The van der Waals surface area contributed by atoms with Gasteiger partial charge >= 0.3 is 5.97 Å². The van der Waals surface area contributed by atoms with Crippen LogP contribution in [-0.4, -0.2) is 17.6 Å². The number of pyridine rings is 1. The molecule has 0 spiro atoms. The first-order chi connectivity index (χ1) is 7.15. The smallest absolute Gasteiger partial charge is 0.305 e. The second kappa shape index (κ2) is 5.34. The fraction of sp³-hybridized carbons (Fsp3) is 0.455. The quantitative estimate of drug-likeness (QED) is 0.698. The first kappa shape index (κ1) is 11.5. The van der Waals surface area contributed by atoms with Crippen LogP contribution in [0.15, 0.2) is 23.0 Å². The molecule has 4 nitrogen and oxygen atoms in total. The molecule has 82 valence electrons. The third kappa shape index (κ3) is 3.23. The van der Waals surface area contributed by atoms with Gasteiger partial charge in [-0.25, -0.2) is 0 Å². The number of aromatic nitrogens is 1. The molecule has 0 aliphatic rings. The predicted octanol–water partition coefficient (Wildman–Crippen LogP) is 1.11. The molecule has 1 heterocycles. The van der Waals surface area contributed by atoms with Crippen molar-refractivity contribution in [2.45, 2.75) is 26.3 Å². The Hall–Kier alpha value is -1.58. The molecule has 0 unspecified atom stereocenters. The molecule has 4 heteroatoms. The molecule has 1 aromatic rings. The van der Waals surface area contributed by atoms with Crippen LogP contribution in [-0.2, 0) is 16.1 Å². The van der Waals surface area contributed by atoms with E-state index in [1.165, 1.54) is 13.2 Å². The normalized spacial score (nSPS) is 10.0. The van der Waals surface area contributed by atoms with Gasteiger partial charge in [-0.1, -0.05) is 6.07 Å². The average Bonchev–Trinajstić information content (AvgIpc) is 2.22. The summed E-state index contributed by atoms with van der Waals surface area (Å²) in [6.45, 7) is 2.43. The van der Waals surface area contributed by atoms with Gasteiger partial charge in [0, 0.05) is 24.7 Å². The van der Waals surface area contributed by atoms with Gasteiger partial charge < -0.3 is 9.30 Å². The van der Waals surface area contributed by atoms with Gasteiger partial charge in [-0.2, -0.15) is 0 Å². The Morgan fingerprint density at radius 1 is 1.47 bits per heavy atom. The molecule has 15 heavy (non-hydrogen) atoms. The summed E-state index contributed by atoms with van der Waals surface area (Å²) in [4.78, 5) is 22.3. The number of carbonyl (C=O) groups is 1. The van der Waals surface area contributed by atoms with Crippen molar-refractivity contribution < 1.29 is 9.53 Å². The van der Waals surface area contributed by atoms with Crippen molar-refractivity contribution in [3.8, 4) is 0 Å². The Kier molecular flexibility index (Phi) is 4.09. The molecule has 0 bridgehead atoms. The van der Waals surface area contributed by atoms with Crippen LogP contribution < -0.4 is 5.56 Å². The van der Waals surface area contributed by atoms with Crippen molar-refractivity contribution in [1.29, 1.82) is 0 Å². The number of hydrogen-bond acceptors (Lipinski definition) is 3. The van der Waals surface area contributed by atoms with E-state index in [2.05, 4.69) is 4.74 Å². The molecular formula is C11H15NO3. The van der Waals surface area contributed by atoms with E-state index in [-0.39, 0.29) is 11.5 Å². The van der Waals surface area contributed by atoms with Crippen molar-refractivity contribution in [2.24, 2.45) is 0 Å². The predicted molar refractivity (Wildman–Crippen MR) is 56.7 cm³/mol. The zero-order valence-electron chi connectivity index (χ0n) is 9.03. The molecule has 0 atom stereocenters. The van der Waals surface area contributed by atoms with E-state index in [4.69, 9.17) is 0 Å². The average molecular weight is 209 g/mol. The first-order valence-electron chi connectivity index (χ1n) is 4.88. The largest absolute Gasteiger partial charge is 0.469 e. The van der Waals surface area contributed by atoms with Crippen molar-refractivity contribution in [1.82, 2.24) is 4.57 Å². The number of rotatable bonds is 4. The van der Waals surface area contributed by atoms with E-state index in [1.54, 1.807) is 10.6 Å². The summed E-state index contributed by atoms with van der Waals surface area (Å²) in [6.07, 6.45) is 0.967. The number of aryl methyl sites for hydroxylation is 1. The fourth-order valence-corrected chi connectivity index (χ4v) is 1.39. The summed E-state index contributed by atoms with van der Waals surface area (Å²) >= 11 is 0. The van der Waals surface area contributed by atoms with Crippen LogP contribution in [0, 0.1) is 6.92 Å². The van der Waals surface area contributed by atoms with Gasteiger partial charge in [0.05, 0.1) is 7.11 Å². The molecule has 0 aliphatic carbocycles. The summed E-state index contributed by atoms with van der Waals surface area (Å²) in [5.41, 5.74) is 0.882. The van der Waals surface area contributed by atoms with Crippen molar-refractivity contribution >= 4 is 5.97 Å². The minimum Gasteiger partial charge on any atom is -0.469 e. The zero-order chi connectivity index (χ0) is 11.3. The topological polar surface area (TPSA) is 48.3 Å². The second-order valence-corrected chi connectivity index (χ2v) is 3.34. The number of nitrogens with zero attached hydrogens (tertiary/aromatic N) is 1. The van der Waals surface area contributed by atoms with E-state index in [1.807, 2.05) is 13.0 Å². The third-order valence-electron chi connectivity index (χ3n) is 2.26. The van der Waals surface area contributed by atoms with Crippen LogP contribution in [0.25, 0.3) is 0 Å². The molecule has 0 radical (unpaired) electrons. The van der Waals surface area contributed by atoms with Gasteiger partial charge in [0.1, 0.15) is 0 Å². The van der Waals surface area contributed by atoms with Crippen LogP contribution in [0.2, 0.25) is 0 Å². The molecule has 0 aromatic carbocycles. The summed E-state index contributed by atoms with van der Waals surface area (Å²) < 4.78 is 6.18. The van der Waals surface area contributed by atoms with Gasteiger partial charge in [0.2, 0.25) is 0 Å². The summed E-state index contributed by atoms with van der Waals surface area (Å²) in [7, 11) is 1.36. The minimum absolute atomic E-state index is 0.0279. The molecule has 0 saturated heterocycles. The Morgan fingerprint density at radius 3 is 2.80 bits per heavy atom. The van der Waals surface area contributed by atoms with Crippen molar-refractivity contribution in [2.75, 3.05) is 7.11 Å². The van der Waals surface area contributed by atoms with E-state index in [0.29, 0.717) is 19.4 Å². The molecule has 1 rings (SSSR count). The minimum atomic E-state index is -0.239. The number of carbonyl (C=O) groups excluding carboxylic acids is 1. The Bertz CT molecular complexity index is 395. The maximum atomic E-state index is 11.4. The molecule has 1 aromatic heterocycles. The lowest BCUT2D eigenvalue weighted by molar-refractivity contribution is -0.140. The van der Waals surface area contributed by atoms with Crippen molar-refractivity contribution in [3.63, 3.8) is 0 Å². The zero-order valence-corrected chi connectivity index (χ0v) is 9.03. The molecule has 0 fully saturated rings. The fourth-order valence-electron chi connectivity index (χ4n) is 1.39. The summed E-state index contributed by atoms with van der Waals surface area (Å²) in [5, 5.41) is 0. The number of hydrogen-bond donors (Lipinski definition) is 0. The Balaban J connectivity index is 2.58.